The van der Waals surface area contributed by atoms with Crippen LogP contribution in [0.3, 0.4) is 0 Å². The van der Waals surface area contributed by atoms with E-state index in [4.69, 9.17) is 10.00 Å². The minimum atomic E-state index is -0.630. The molecule has 3 amide bonds. The number of amides is 3. The summed E-state index contributed by atoms with van der Waals surface area (Å²) >= 11 is 0. The predicted molar refractivity (Wildman–Crippen MR) is 107 cm³/mol. The highest BCUT2D eigenvalue weighted by molar-refractivity contribution is 6.00. The van der Waals surface area contributed by atoms with Gasteiger partial charge in [-0.25, -0.2) is 9.59 Å². The number of rotatable bonds is 4. The fourth-order valence-corrected chi connectivity index (χ4v) is 3.50. The number of benzene rings is 2. The van der Waals surface area contributed by atoms with Crippen molar-refractivity contribution in [2.24, 2.45) is 0 Å². The minimum absolute atomic E-state index is 0.0683. The molecular formula is C22H18N4O4. The molecule has 0 saturated heterocycles. The lowest BCUT2D eigenvalue weighted by molar-refractivity contribution is -0.136. The number of nitrogens with zero attached hydrogens (tertiary/aromatic N) is 2. The first-order chi connectivity index (χ1) is 14.5. The SMILES string of the molecule is Cc1ccc(C2NC(=O)N(CC(=O)Nc3cccc(C#N)c3)C3=C2C(=O)OC3)cc1. The van der Waals surface area contributed by atoms with Crippen LogP contribution in [-0.2, 0) is 14.3 Å². The van der Waals surface area contributed by atoms with Gasteiger partial charge in [-0.15, -0.1) is 0 Å². The lowest BCUT2D eigenvalue weighted by Crippen LogP contribution is -2.49. The van der Waals surface area contributed by atoms with Gasteiger partial charge in [-0.3, -0.25) is 9.69 Å². The second-order valence-corrected chi connectivity index (χ2v) is 7.06. The maximum Gasteiger partial charge on any atom is 0.338 e. The molecule has 2 N–H and O–H groups in total. The molecule has 0 aliphatic carbocycles. The summed E-state index contributed by atoms with van der Waals surface area (Å²) in [5.41, 5.74) is 3.39. The molecule has 2 aromatic carbocycles. The third kappa shape index (κ3) is 3.61. The summed E-state index contributed by atoms with van der Waals surface area (Å²) in [4.78, 5) is 38.9. The molecule has 30 heavy (non-hydrogen) atoms. The van der Waals surface area contributed by atoms with Crippen LogP contribution < -0.4 is 10.6 Å². The van der Waals surface area contributed by atoms with Gasteiger partial charge in [0.15, 0.2) is 0 Å². The number of nitrogens with one attached hydrogen (secondary N) is 2. The maximum atomic E-state index is 12.8. The zero-order valence-electron chi connectivity index (χ0n) is 16.1. The molecule has 0 radical (unpaired) electrons. The molecule has 8 nitrogen and oxygen atoms in total. The van der Waals surface area contributed by atoms with E-state index >= 15 is 0 Å². The van der Waals surface area contributed by atoms with Gasteiger partial charge in [0.1, 0.15) is 13.2 Å². The van der Waals surface area contributed by atoms with Crippen molar-refractivity contribution in [1.29, 1.82) is 5.26 Å². The van der Waals surface area contributed by atoms with E-state index in [1.165, 1.54) is 11.0 Å². The Balaban J connectivity index is 1.58. The average Bonchev–Trinajstić information content (AvgIpc) is 3.12. The van der Waals surface area contributed by atoms with Gasteiger partial charge >= 0.3 is 12.0 Å². The Morgan fingerprint density at radius 3 is 2.77 bits per heavy atom. The molecule has 0 spiro atoms. The summed E-state index contributed by atoms with van der Waals surface area (Å²) in [7, 11) is 0. The van der Waals surface area contributed by atoms with E-state index in [0.717, 1.165) is 11.1 Å². The fourth-order valence-electron chi connectivity index (χ4n) is 3.50. The Labute approximate surface area is 172 Å². The number of ether oxygens (including phenoxy) is 1. The van der Waals surface area contributed by atoms with Gasteiger partial charge < -0.3 is 15.4 Å². The van der Waals surface area contributed by atoms with Crippen LogP contribution >= 0.6 is 0 Å². The number of cyclic esters (lactones) is 1. The van der Waals surface area contributed by atoms with Crippen LogP contribution in [-0.4, -0.2) is 36.0 Å². The van der Waals surface area contributed by atoms with Crippen LogP contribution in [0.2, 0.25) is 0 Å². The number of carbonyl (C=O) groups is 3. The van der Waals surface area contributed by atoms with Crippen molar-refractivity contribution in [1.82, 2.24) is 10.2 Å². The molecule has 4 rings (SSSR count). The van der Waals surface area contributed by atoms with E-state index in [-0.39, 0.29) is 13.2 Å². The average molecular weight is 402 g/mol. The summed E-state index contributed by atoms with van der Waals surface area (Å²) in [6.07, 6.45) is 0. The number of nitriles is 1. The van der Waals surface area contributed by atoms with Crippen molar-refractivity contribution in [3.05, 3.63) is 76.5 Å². The molecule has 1 atom stereocenters. The maximum absolute atomic E-state index is 12.8. The Bertz CT molecular complexity index is 1110. The summed E-state index contributed by atoms with van der Waals surface area (Å²) in [6.45, 7) is 1.59. The van der Waals surface area contributed by atoms with Gasteiger partial charge in [-0.2, -0.15) is 5.26 Å². The van der Waals surface area contributed by atoms with Crippen molar-refractivity contribution >= 4 is 23.6 Å². The number of anilines is 1. The lowest BCUT2D eigenvalue weighted by atomic mass is 9.95. The Morgan fingerprint density at radius 2 is 2.03 bits per heavy atom. The van der Waals surface area contributed by atoms with Gasteiger partial charge in [0, 0.05) is 5.69 Å². The summed E-state index contributed by atoms with van der Waals surface area (Å²) in [6, 6.07) is 14.8. The fraction of sp³-hybridized carbons (Fsp3) is 0.182. The van der Waals surface area contributed by atoms with E-state index < -0.39 is 23.9 Å². The molecule has 2 aliphatic rings. The van der Waals surface area contributed by atoms with Crippen LogP contribution in [0, 0.1) is 18.3 Å². The van der Waals surface area contributed by atoms with Crippen LogP contribution in [0.15, 0.2) is 59.8 Å². The van der Waals surface area contributed by atoms with Crippen molar-refractivity contribution < 1.29 is 19.1 Å². The molecule has 150 valence electrons. The van der Waals surface area contributed by atoms with E-state index in [1.54, 1.807) is 18.2 Å². The molecule has 0 fully saturated rings. The normalized spacial score (nSPS) is 17.7. The highest BCUT2D eigenvalue weighted by atomic mass is 16.5. The first-order valence-electron chi connectivity index (χ1n) is 9.31. The molecular weight excluding hydrogens is 384 g/mol. The molecule has 0 bridgehead atoms. The number of carbonyl (C=O) groups excluding carboxylic acids is 3. The standard InChI is InChI=1S/C22H18N4O4/c1-13-5-7-15(8-6-13)20-19-17(12-30-21(19)28)26(22(29)25-20)11-18(27)24-16-4-2-3-14(9-16)10-23/h2-9,20H,11-12H2,1H3,(H,24,27)(H,25,29). The molecule has 2 aliphatic heterocycles. The zero-order valence-corrected chi connectivity index (χ0v) is 16.1. The minimum Gasteiger partial charge on any atom is -0.456 e. The zero-order chi connectivity index (χ0) is 21.3. The molecule has 0 saturated carbocycles. The number of esters is 1. The van der Waals surface area contributed by atoms with E-state index in [9.17, 15) is 14.4 Å². The van der Waals surface area contributed by atoms with Crippen LogP contribution in [0.1, 0.15) is 22.7 Å². The van der Waals surface area contributed by atoms with E-state index in [0.29, 0.717) is 22.5 Å². The lowest BCUT2D eigenvalue weighted by Gasteiger charge is -2.32. The van der Waals surface area contributed by atoms with E-state index in [1.807, 2.05) is 37.3 Å². The van der Waals surface area contributed by atoms with Crippen molar-refractivity contribution in [3.63, 3.8) is 0 Å². The van der Waals surface area contributed by atoms with Gasteiger partial charge in [0.25, 0.3) is 0 Å². The van der Waals surface area contributed by atoms with Gasteiger partial charge in [0.05, 0.1) is 28.9 Å². The van der Waals surface area contributed by atoms with Gasteiger partial charge in [0.2, 0.25) is 5.91 Å². The highest BCUT2D eigenvalue weighted by Crippen LogP contribution is 2.35. The number of hydrogen-bond donors (Lipinski definition) is 2. The van der Waals surface area contributed by atoms with Gasteiger partial charge in [-0.1, -0.05) is 35.9 Å². The summed E-state index contributed by atoms with van der Waals surface area (Å²) in [5.74, 6) is -0.970. The molecule has 2 heterocycles. The third-order valence-corrected chi connectivity index (χ3v) is 4.99. The number of hydrogen-bond acceptors (Lipinski definition) is 5. The Hall–Kier alpha value is -4.12. The number of aryl methyl sites for hydroxylation is 1. The largest absolute Gasteiger partial charge is 0.456 e. The smallest absolute Gasteiger partial charge is 0.338 e. The van der Waals surface area contributed by atoms with Crippen molar-refractivity contribution in [2.75, 3.05) is 18.5 Å². The molecule has 2 aromatic rings. The Morgan fingerprint density at radius 1 is 1.27 bits per heavy atom. The van der Waals surface area contributed by atoms with Crippen LogP contribution in [0.5, 0.6) is 0 Å². The van der Waals surface area contributed by atoms with Crippen LogP contribution in [0.4, 0.5) is 10.5 Å². The molecule has 8 heteroatoms. The van der Waals surface area contributed by atoms with Crippen molar-refractivity contribution in [2.45, 2.75) is 13.0 Å². The third-order valence-electron chi connectivity index (χ3n) is 4.99. The Kier molecular flexibility index (Phi) is 4.94. The van der Waals surface area contributed by atoms with Crippen LogP contribution in [0.25, 0.3) is 0 Å². The summed E-state index contributed by atoms with van der Waals surface area (Å²) in [5, 5.41) is 14.4. The highest BCUT2D eigenvalue weighted by Gasteiger charge is 2.42. The first-order valence-corrected chi connectivity index (χ1v) is 9.31. The number of urea groups is 1. The molecule has 1 unspecified atom stereocenters. The van der Waals surface area contributed by atoms with E-state index in [2.05, 4.69) is 10.6 Å². The summed E-state index contributed by atoms with van der Waals surface area (Å²) < 4.78 is 5.17. The monoisotopic (exact) mass is 402 g/mol. The predicted octanol–water partition coefficient (Wildman–Crippen LogP) is 2.38. The molecule has 0 aromatic heterocycles. The second kappa shape index (κ2) is 7.72. The second-order valence-electron chi connectivity index (χ2n) is 7.06. The van der Waals surface area contributed by atoms with Crippen molar-refractivity contribution in [3.8, 4) is 6.07 Å². The van der Waals surface area contributed by atoms with Gasteiger partial charge in [-0.05, 0) is 30.7 Å². The quantitative estimate of drug-likeness (QED) is 0.763. The first kappa shape index (κ1) is 19.2. The topological polar surface area (TPSA) is 112 Å².